The van der Waals surface area contributed by atoms with Gasteiger partial charge in [0.25, 0.3) is 0 Å². The normalized spacial score (nSPS) is 23.5. The lowest BCUT2D eigenvalue weighted by atomic mass is 9.91. The van der Waals surface area contributed by atoms with Crippen LogP contribution in [0.3, 0.4) is 0 Å². The number of hydrogen-bond acceptors (Lipinski definition) is 1. The van der Waals surface area contributed by atoms with E-state index in [9.17, 15) is 4.55 Å². The van der Waals surface area contributed by atoms with Crippen LogP contribution in [0.1, 0.15) is 32.1 Å². The van der Waals surface area contributed by atoms with Crippen molar-refractivity contribution in [1.29, 1.82) is 0 Å². The van der Waals surface area contributed by atoms with Crippen LogP contribution in [0.25, 0.3) is 0 Å². The maximum atomic E-state index is 11.1. The predicted octanol–water partition coefficient (Wildman–Crippen LogP) is 2.15. The van der Waals surface area contributed by atoms with Gasteiger partial charge in [-0.3, -0.25) is 0 Å². The molecule has 11 heavy (non-hydrogen) atoms. The lowest BCUT2D eigenvalue weighted by Crippen LogP contribution is -2.19. The summed E-state index contributed by atoms with van der Waals surface area (Å²) in [6, 6.07) is 0. The first-order chi connectivity index (χ1) is 5.33. The molecular formula is C9H17OS. The highest BCUT2D eigenvalue weighted by Gasteiger charge is 2.18. The van der Waals surface area contributed by atoms with Crippen molar-refractivity contribution >= 4 is 11.2 Å². The van der Waals surface area contributed by atoms with Gasteiger partial charge in [0, 0.05) is 5.92 Å². The van der Waals surface area contributed by atoms with Crippen molar-refractivity contribution in [3.05, 3.63) is 6.92 Å². The summed E-state index contributed by atoms with van der Waals surface area (Å²) in [4.78, 5) is 0. The first-order valence-electron chi connectivity index (χ1n) is 4.47. The average molecular weight is 173 g/mol. The molecular weight excluding hydrogens is 156 g/mol. The molecule has 1 aliphatic carbocycles. The molecule has 1 aliphatic rings. The first kappa shape index (κ1) is 9.40. The Hall–Kier alpha value is 0.310. The summed E-state index contributed by atoms with van der Waals surface area (Å²) in [6.07, 6.45) is 6.67. The van der Waals surface area contributed by atoms with Gasteiger partial charge < -0.3 is 4.55 Å². The largest absolute Gasteiger partial charge is 0.616 e. The van der Waals surface area contributed by atoms with E-state index in [1.54, 1.807) is 0 Å². The second-order valence-electron chi connectivity index (χ2n) is 3.31. The van der Waals surface area contributed by atoms with Crippen LogP contribution in [-0.2, 0) is 11.2 Å². The maximum Gasteiger partial charge on any atom is 0.108 e. The zero-order valence-electron chi connectivity index (χ0n) is 7.05. The lowest BCUT2D eigenvalue weighted by molar-refractivity contribution is 0.385. The summed E-state index contributed by atoms with van der Waals surface area (Å²) in [5.41, 5.74) is 0. The van der Waals surface area contributed by atoms with E-state index in [0.29, 0.717) is 5.75 Å². The molecule has 1 unspecified atom stereocenters. The molecule has 65 valence electrons. The Bertz CT molecular complexity index is 99.7. The third kappa shape index (κ3) is 3.48. The topological polar surface area (TPSA) is 23.1 Å². The van der Waals surface area contributed by atoms with Crippen molar-refractivity contribution in [2.24, 2.45) is 5.92 Å². The quantitative estimate of drug-likeness (QED) is 0.600. The van der Waals surface area contributed by atoms with E-state index in [4.69, 9.17) is 0 Å². The summed E-state index contributed by atoms with van der Waals surface area (Å²) in [5, 5.41) is 0. The molecule has 0 amide bonds. The fraction of sp³-hybridized carbons (Fsp3) is 0.889. The molecule has 0 heterocycles. The lowest BCUT2D eigenvalue weighted by Gasteiger charge is -2.22. The van der Waals surface area contributed by atoms with Gasteiger partial charge >= 0.3 is 0 Å². The molecule has 0 saturated heterocycles. The smallest absolute Gasteiger partial charge is 0.108 e. The van der Waals surface area contributed by atoms with Crippen LogP contribution in [-0.4, -0.2) is 16.1 Å². The van der Waals surface area contributed by atoms with Gasteiger partial charge in [-0.2, -0.15) is 0 Å². The highest BCUT2D eigenvalue weighted by molar-refractivity contribution is 7.91. The second-order valence-corrected chi connectivity index (χ2v) is 4.94. The minimum absolute atomic E-state index is 0.594. The van der Waals surface area contributed by atoms with Crippen molar-refractivity contribution in [2.45, 2.75) is 32.1 Å². The van der Waals surface area contributed by atoms with Crippen LogP contribution in [0.4, 0.5) is 0 Å². The van der Waals surface area contributed by atoms with Crippen LogP contribution in [0.15, 0.2) is 0 Å². The summed E-state index contributed by atoms with van der Waals surface area (Å²) in [5.74, 6) is 2.24. The molecule has 0 aliphatic heterocycles. The molecule has 1 fully saturated rings. The SMILES string of the molecule is [CH2]C[S+]([O-])CC1CCCCC1. The summed E-state index contributed by atoms with van der Waals surface area (Å²) >= 11 is -0.636. The summed E-state index contributed by atoms with van der Waals surface area (Å²) in [7, 11) is 0. The Morgan fingerprint density at radius 2 is 1.91 bits per heavy atom. The van der Waals surface area contributed by atoms with E-state index >= 15 is 0 Å². The van der Waals surface area contributed by atoms with Gasteiger partial charge in [0.1, 0.15) is 11.5 Å². The van der Waals surface area contributed by atoms with Gasteiger partial charge in [0.15, 0.2) is 0 Å². The number of hydrogen-bond donors (Lipinski definition) is 0. The molecule has 0 bridgehead atoms. The predicted molar refractivity (Wildman–Crippen MR) is 49.8 cm³/mol. The molecule has 1 atom stereocenters. The van der Waals surface area contributed by atoms with Gasteiger partial charge in [-0.1, -0.05) is 30.4 Å². The van der Waals surface area contributed by atoms with E-state index < -0.39 is 11.2 Å². The molecule has 0 aromatic rings. The number of rotatable bonds is 3. The Morgan fingerprint density at radius 1 is 1.27 bits per heavy atom. The van der Waals surface area contributed by atoms with Gasteiger partial charge in [-0.25, -0.2) is 0 Å². The van der Waals surface area contributed by atoms with Gasteiger partial charge in [0.05, 0.1) is 0 Å². The highest BCUT2D eigenvalue weighted by Crippen LogP contribution is 2.24. The van der Waals surface area contributed by atoms with E-state index in [0.717, 1.165) is 11.7 Å². The zero-order valence-corrected chi connectivity index (χ0v) is 7.87. The standard InChI is InChI=1S/C9H17OS/c1-2-11(10)8-9-6-4-3-5-7-9/h9H,1-8H2. The first-order valence-corrected chi connectivity index (χ1v) is 5.96. The van der Waals surface area contributed by atoms with Crippen molar-refractivity contribution in [2.75, 3.05) is 11.5 Å². The average Bonchev–Trinajstić information content (AvgIpc) is 2.06. The summed E-state index contributed by atoms with van der Waals surface area (Å²) < 4.78 is 11.1. The Morgan fingerprint density at radius 3 is 2.45 bits per heavy atom. The molecule has 1 nitrogen and oxygen atoms in total. The monoisotopic (exact) mass is 173 g/mol. The fourth-order valence-corrected chi connectivity index (χ4v) is 2.73. The molecule has 1 rings (SSSR count). The molecule has 1 radical (unpaired) electrons. The van der Waals surface area contributed by atoms with Gasteiger partial charge in [-0.15, -0.1) is 0 Å². The third-order valence-corrected chi connectivity index (χ3v) is 3.67. The molecule has 0 spiro atoms. The Kier molecular flexibility index (Phi) is 4.31. The zero-order chi connectivity index (χ0) is 8.10. The van der Waals surface area contributed by atoms with Crippen LogP contribution < -0.4 is 0 Å². The minimum atomic E-state index is -0.636. The second kappa shape index (κ2) is 5.04. The van der Waals surface area contributed by atoms with E-state index in [1.165, 1.54) is 32.1 Å². The Labute approximate surface area is 72.7 Å². The van der Waals surface area contributed by atoms with E-state index in [2.05, 4.69) is 6.92 Å². The minimum Gasteiger partial charge on any atom is -0.616 e. The summed E-state index contributed by atoms with van der Waals surface area (Å²) in [6.45, 7) is 3.65. The molecule has 2 heteroatoms. The maximum absolute atomic E-state index is 11.1. The molecule has 1 saturated carbocycles. The highest BCUT2D eigenvalue weighted by atomic mass is 32.2. The van der Waals surface area contributed by atoms with E-state index in [1.807, 2.05) is 0 Å². The van der Waals surface area contributed by atoms with Crippen LogP contribution in [0.2, 0.25) is 0 Å². The van der Waals surface area contributed by atoms with Gasteiger partial charge in [-0.05, 0) is 19.8 Å². The van der Waals surface area contributed by atoms with Crippen molar-refractivity contribution < 1.29 is 4.55 Å². The van der Waals surface area contributed by atoms with Crippen molar-refractivity contribution in [3.63, 3.8) is 0 Å². The van der Waals surface area contributed by atoms with E-state index in [-0.39, 0.29) is 0 Å². The molecule has 0 aromatic carbocycles. The fourth-order valence-electron chi connectivity index (χ4n) is 1.70. The van der Waals surface area contributed by atoms with Crippen LogP contribution in [0, 0.1) is 12.8 Å². The third-order valence-electron chi connectivity index (χ3n) is 2.37. The van der Waals surface area contributed by atoms with Gasteiger partial charge in [0.2, 0.25) is 0 Å². The molecule has 0 N–H and O–H groups in total. The van der Waals surface area contributed by atoms with Crippen molar-refractivity contribution in [1.82, 2.24) is 0 Å². The van der Waals surface area contributed by atoms with Crippen molar-refractivity contribution in [3.8, 4) is 0 Å². The Balaban J connectivity index is 2.13. The van der Waals surface area contributed by atoms with Crippen LogP contribution in [0.5, 0.6) is 0 Å². The molecule has 0 aromatic heterocycles. The van der Waals surface area contributed by atoms with Crippen LogP contribution >= 0.6 is 0 Å².